The lowest BCUT2D eigenvalue weighted by Crippen LogP contribution is -2.41. The maximum absolute atomic E-state index is 13.8. The van der Waals surface area contributed by atoms with Crippen molar-refractivity contribution in [3.63, 3.8) is 0 Å². The third-order valence-corrected chi connectivity index (χ3v) is 3.32. The maximum atomic E-state index is 13.8. The molecule has 1 fully saturated rings. The predicted octanol–water partition coefficient (Wildman–Crippen LogP) is 1.35. The zero-order valence-electron chi connectivity index (χ0n) is 11.5. The predicted molar refractivity (Wildman–Crippen MR) is 75.7 cm³/mol. The third kappa shape index (κ3) is 3.81. The Hall–Kier alpha value is -1.33. The molecule has 1 heterocycles. The van der Waals surface area contributed by atoms with Crippen molar-refractivity contribution >= 4 is 11.4 Å². The van der Waals surface area contributed by atoms with Crippen LogP contribution < -0.4 is 16.0 Å². The number of nitrogens with zero attached hydrogens (tertiary/aromatic N) is 1. The molecule has 1 aliphatic rings. The molecule has 4 nitrogen and oxygen atoms in total. The van der Waals surface area contributed by atoms with Gasteiger partial charge in [-0.3, -0.25) is 0 Å². The van der Waals surface area contributed by atoms with E-state index in [0.717, 1.165) is 19.5 Å². The Morgan fingerprint density at radius 2 is 2.26 bits per heavy atom. The second-order valence-electron chi connectivity index (χ2n) is 5.84. The molecular formula is C14H22FN3O. The van der Waals surface area contributed by atoms with Crippen molar-refractivity contribution in [2.24, 2.45) is 0 Å². The highest BCUT2D eigenvalue weighted by Gasteiger charge is 2.25. The van der Waals surface area contributed by atoms with Crippen molar-refractivity contribution in [3.8, 4) is 0 Å². The molecule has 0 aromatic heterocycles. The van der Waals surface area contributed by atoms with E-state index in [4.69, 9.17) is 5.73 Å². The lowest BCUT2D eigenvalue weighted by atomic mass is 10.1. The van der Waals surface area contributed by atoms with Gasteiger partial charge in [-0.05, 0) is 38.5 Å². The van der Waals surface area contributed by atoms with Crippen LogP contribution in [0.1, 0.15) is 20.3 Å². The second-order valence-corrected chi connectivity index (χ2v) is 5.84. The van der Waals surface area contributed by atoms with Crippen LogP contribution in [0.25, 0.3) is 0 Å². The first kappa shape index (κ1) is 14.1. The van der Waals surface area contributed by atoms with Gasteiger partial charge in [0.2, 0.25) is 0 Å². The summed E-state index contributed by atoms with van der Waals surface area (Å²) in [5.74, 6) is -0.275. The van der Waals surface area contributed by atoms with Crippen molar-refractivity contribution in [3.05, 3.63) is 24.0 Å². The van der Waals surface area contributed by atoms with E-state index in [1.807, 2.05) is 4.90 Å². The van der Waals surface area contributed by atoms with Gasteiger partial charge in [-0.1, -0.05) is 0 Å². The lowest BCUT2D eigenvalue weighted by molar-refractivity contribution is 0.0771. The van der Waals surface area contributed by atoms with Gasteiger partial charge in [0.25, 0.3) is 0 Å². The number of rotatable bonds is 4. The molecule has 1 aromatic carbocycles. The number of nitrogens with two attached hydrogens (primary N) is 1. The van der Waals surface area contributed by atoms with Crippen molar-refractivity contribution in [2.45, 2.75) is 31.9 Å². The Balaban J connectivity index is 1.94. The topological polar surface area (TPSA) is 61.5 Å². The number of benzene rings is 1. The van der Waals surface area contributed by atoms with Crippen LogP contribution in [0.3, 0.4) is 0 Å². The Labute approximate surface area is 113 Å². The average Bonchev–Trinajstić information content (AvgIpc) is 2.74. The van der Waals surface area contributed by atoms with Crippen molar-refractivity contribution in [1.82, 2.24) is 5.32 Å². The second kappa shape index (κ2) is 5.35. The monoisotopic (exact) mass is 267 g/mol. The van der Waals surface area contributed by atoms with Crippen LogP contribution in [-0.2, 0) is 0 Å². The smallest absolute Gasteiger partial charge is 0.148 e. The summed E-state index contributed by atoms with van der Waals surface area (Å²) >= 11 is 0. The number of hydrogen-bond donors (Lipinski definition) is 3. The maximum Gasteiger partial charge on any atom is 0.148 e. The molecule has 2 rings (SSSR count). The van der Waals surface area contributed by atoms with Crippen LogP contribution in [-0.4, -0.2) is 36.4 Å². The van der Waals surface area contributed by atoms with E-state index in [-0.39, 0.29) is 11.9 Å². The molecule has 1 atom stereocenters. The van der Waals surface area contributed by atoms with Gasteiger partial charge in [0.1, 0.15) is 5.82 Å². The van der Waals surface area contributed by atoms with E-state index in [1.54, 1.807) is 26.0 Å². The molecule has 0 aliphatic carbocycles. The highest BCUT2D eigenvalue weighted by atomic mass is 19.1. The molecular weight excluding hydrogens is 245 g/mol. The zero-order valence-corrected chi connectivity index (χ0v) is 11.5. The number of aliphatic hydroxyl groups is 1. The molecule has 0 bridgehead atoms. The van der Waals surface area contributed by atoms with Crippen molar-refractivity contribution in [2.75, 3.05) is 30.3 Å². The summed E-state index contributed by atoms with van der Waals surface area (Å²) in [6, 6.07) is 5.08. The van der Waals surface area contributed by atoms with Gasteiger partial charge in [-0.25, -0.2) is 4.39 Å². The van der Waals surface area contributed by atoms with Crippen LogP contribution in [0.5, 0.6) is 0 Å². The molecule has 106 valence electrons. The first-order valence-corrected chi connectivity index (χ1v) is 6.61. The van der Waals surface area contributed by atoms with E-state index in [9.17, 15) is 9.50 Å². The summed E-state index contributed by atoms with van der Waals surface area (Å²) in [5, 5.41) is 13.0. The Morgan fingerprint density at radius 3 is 2.89 bits per heavy atom. The quantitative estimate of drug-likeness (QED) is 0.721. The van der Waals surface area contributed by atoms with Crippen molar-refractivity contribution < 1.29 is 9.50 Å². The minimum atomic E-state index is -0.722. The zero-order chi connectivity index (χ0) is 14.0. The number of hydrogen-bond acceptors (Lipinski definition) is 4. The molecule has 1 saturated heterocycles. The Morgan fingerprint density at radius 1 is 1.53 bits per heavy atom. The molecule has 1 aromatic rings. The normalized spacial score (nSPS) is 20.0. The van der Waals surface area contributed by atoms with Gasteiger partial charge >= 0.3 is 0 Å². The van der Waals surface area contributed by atoms with Crippen LogP contribution in [0.4, 0.5) is 15.8 Å². The molecule has 0 amide bonds. The van der Waals surface area contributed by atoms with Gasteiger partial charge in [0.05, 0.1) is 11.3 Å². The van der Waals surface area contributed by atoms with Crippen LogP contribution in [0.15, 0.2) is 18.2 Å². The molecule has 5 heteroatoms. The van der Waals surface area contributed by atoms with Gasteiger partial charge in [-0.2, -0.15) is 0 Å². The fourth-order valence-corrected chi connectivity index (χ4v) is 2.32. The van der Waals surface area contributed by atoms with E-state index in [0.29, 0.717) is 17.9 Å². The van der Waals surface area contributed by atoms with Crippen molar-refractivity contribution in [1.29, 1.82) is 0 Å². The molecule has 19 heavy (non-hydrogen) atoms. The molecule has 0 spiro atoms. The van der Waals surface area contributed by atoms with Crippen LogP contribution in [0.2, 0.25) is 0 Å². The van der Waals surface area contributed by atoms with Crippen LogP contribution >= 0.6 is 0 Å². The first-order valence-electron chi connectivity index (χ1n) is 6.61. The molecule has 0 radical (unpaired) electrons. The van der Waals surface area contributed by atoms with E-state index in [2.05, 4.69) is 5.32 Å². The number of nitrogen functional groups attached to an aromatic ring is 1. The van der Waals surface area contributed by atoms with Gasteiger partial charge in [0, 0.05) is 31.4 Å². The molecule has 0 saturated carbocycles. The summed E-state index contributed by atoms with van der Waals surface area (Å²) in [7, 11) is 0. The largest absolute Gasteiger partial charge is 0.399 e. The highest BCUT2D eigenvalue weighted by molar-refractivity contribution is 5.55. The van der Waals surface area contributed by atoms with E-state index >= 15 is 0 Å². The van der Waals surface area contributed by atoms with Crippen LogP contribution in [0, 0.1) is 5.82 Å². The highest BCUT2D eigenvalue weighted by Crippen LogP contribution is 2.25. The van der Waals surface area contributed by atoms with E-state index in [1.165, 1.54) is 6.07 Å². The first-order chi connectivity index (χ1) is 8.85. The standard InChI is InChI=1S/C14H22FN3O/c1-14(2,19)9-17-11-5-6-18(8-11)13-4-3-10(16)7-12(13)15/h3-4,7,11,17,19H,5-6,8-9,16H2,1-2H3. The molecule has 4 N–H and O–H groups in total. The summed E-state index contributed by atoms with van der Waals surface area (Å²) in [5.41, 5.74) is 5.87. The fraction of sp³-hybridized carbons (Fsp3) is 0.571. The fourth-order valence-electron chi connectivity index (χ4n) is 2.32. The number of nitrogens with one attached hydrogen (secondary N) is 1. The van der Waals surface area contributed by atoms with Gasteiger partial charge in [-0.15, -0.1) is 0 Å². The lowest BCUT2D eigenvalue weighted by Gasteiger charge is -2.23. The minimum absolute atomic E-state index is 0.275. The number of halogens is 1. The van der Waals surface area contributed by atoms with Gasteiger partial charge < -0.3 is 21.1 Å². The Kier molecular flexibility index (Phi) is 3.96. The SMILES string of the molecule is CC(C)(O)CNC1CCN(c2ccc(N)cc2F)C1. The molecule has 1 aliphatic heterocycles. The Bertz CT molecular complexity index is 445. The van der Waals surface area contributed by atoms with Gasteiger partial charge in [0.15, 0.2) is 0 Å². The summed E-state index contributed by atoms with van der Waals surface area (Å²) in [6.45, 7) is 5.63. The number of anilines is 2. The minimum Gasteiger partial charge on any atom is -0.399 e. The summed E-state index contributed by atoms with van der Waals surface area (Å²) < 4.78 is 13.8. The van der Waals surface area contributed by atoms with E-state index < -0.39 is 5.60 Å². The average molecular weight is 267 g/mol. The molecule has 1 unspecified atom stereocenters. The summed E-state index contributed by atoms with van der Waals surface area (Å²) in [6.07, 6.45) is 0.944. The summed E-state index contributed by atoms with van der Waals surface area (Å²) in [4.78, 5) is 2.01. The third-order valence-electron chi connectivity index (χ3n) is 3.32.